The molecular weight excluding hydrogens is 210 g/mol. The molecule has 1 aliphatic rings. The summed E-state index contributed by atoms with van der Waals surface area (Å²) in [7, 11) is 2.06. The molecule has 1 N–H and O–H groups in total. The zero-order valence-electron chi connectivity index (χ0n) is 12.6. The Morgan fingerprint density at radius 1 is 1.06 bits per heavy atom. The lowest BCUT2D eigenvalue weighted by atomic mass is 10.00. The predicted octanol–water partition coefficient (Wildman–Crippen LogP) is 1.65. The molecule has 1 atom stereocenters. The monoisotopic (exact) mass is 241 g/mol. The first-order chi connectivity index (χ1) is 7.86. The van der Waals surface area contributed by atoms with Gasteiger partial charge in [-0.2, -0.15) is 0 Å². The lowest BCUT2D eigenvalue weighted by molar-refractivity contribution is 0.0317. The Bertz CT molecular complexity index is 212. The van der Waals surface area contributed by atoms with Crippen LogP contribution in [0.4, 0.5) is 0 Å². The number of hydrogen-bond acceptors (Lipinski definition) is 3. The van der Waals surface area contributed by atoms with Crippen LogP contribution in [-0.2, 0) is 0 Å². The summed E-state index contributed by atoms with van der Waals surface area (Å²) in [6.45, 7) is 17.5. The van der Waals surface area contributed by atoms with Crippen molar-refractivity contribution in [2.45, 2.75) is 46.2 Å². The summed E-state index contributed by atoms with van der Waals surface area (Å²) in [4.78, 5) is 5.25. The van der Waals surface area contributed by atoms with Gasteiger partial charge in [0.2, 0.25) is 0 Å². The maximum absolute atomic E-state index is 3.33. The number of hydrogen-bond donors (Lipinski definition) is 1. The van der Waals surface area contributed by atoms with Crippen LogP contribution in [0.3, 0.4) is 0 Å². The molecule has 0 radical (unpaired) electrons. The zero-order chi connectivity index (χ0) is 13.1. The van der Waals surface area contributed by atoms with Crippen molar-refractivity contribution in [3.8, 4) is 0 Å². The van der Waals surface area contributed by atoms with Crippen molar-refractivity contribution in [3.05, 3.63) is 0 Å². The van der Waals surface area contributed by atoms with E-state index in [1.165, 1.54) is 26.2 Å². The number of likely N-dealkylation sites (N-methyl/N-ethyl adjacent to an activating group) is 1. The SMILES string of the molecule is CNCC(C(C)C)N1CCN(C(C)(C)C)CC1. The molecule has 0 spiro atoms. The summed E-state index contributed by atoms with van der Waals surface area (Å²) >= 11 is 0. The van der Waals surface area contributed by atoms with E-state index in [1.54, 1.807) is 0 Å². The molecule has 1 saturated heterocycles. The van der Waals surface area contributed by atoms with Crippen LogP contribution in [0.15, 0.2) is 0 Å². The molecule has 1 rings (SSSR count). The van der Waals surface area contributed by atoms with Crippen molar-refractivity contribution in [2.24, 2.45) is 5.92 Å². The van der Waals surface area contributed by atoms with Gasteiger partial charge in [-0.1, -0.05) is 13.8 Å². The third kappa shape index (κ3) is 4.23. The number of nitrogens with one attached hydrogen (secondary N) is 1. The Morgan fingerprint density at radius 2 is 1.59 bits per heavy atom. The number of piperazine rings is 1. The van der Waals surface area contributed by atoms with Gasteiger partial charge in [-0.25, -0.2) is 0 Å². The fourth-order valence-corrected chi connectivity index (χ4v) is 2.72. The molecule has 1 aliphatic heterocycles. The van der Waals surface area contributed by atoms with Crippen LogP contribution in [0, 0.1) is 5.92 Å². The van der Waals surface area contributed by atoms with Gasteiger partial charge in [-0.05, 0) is 33.7 Å². The lowest BCUT2D eigenvalue weighted by Crippen LogP contribution is -2.57. The average Bonchev–Trinajstić information content (AvgIpc) is 2.24. The van der Waals surface area contributed by atoms with Crippen molar-refractivity contribution in [1.82, 2.24) is 15.1 Å². The fraction of sp³-hybridized carbons (Fsp3) is 1.00. The highest BCUT2D eigenvalue weighted by Crippen LogP contribution is 2.19. The lowest BCUT2D eigenvalue weighted by Gasteiger charge is -2.45. The van der Waals surface area contributed by atoms with E-state index in [2.05, 4.69) is 56.8 Å². The Labute approximate surface area is 108 Å². The van der Waals surface area contributed by atoms with Crippen LogP contribution < -0.4 is 5.32 Å². The van der Waals surface area contributed by atoms with Gasteiger partial charge < -0.3 is 5.32 Å². The third-order valence-electron chi connectivity index (χ3n) is 3.91. The van der Waals surface area contributed by atoms with Crippen LogP contribution in [-0.4, -0.2) is 61.2 Å². The molecule has 0 aromatic heterocycles. The van der Waals surface area contributed by atoms with E-state index in [-0.39, 0.29) is 0 Å². The number of nitrogens with zero attached hydrogens (tertiary/aromatic N) is 2. The standard InChI is InChI=1S/C14H31N3/c1-12(2)13(11-15-6)16-7-9-17(10-8-16)14(3,4)5/h12-13,15H,7-11H2,1-6H3. The summed E-state index contributed by atoms with van der Waals surface area (Å²) in [6, 6.07) is 0.683. The summed E-state index contributed by atoms with van der Waals surface area (Å²) in [5.74, 6) is 0.726. The van der Waals surface area contributed by atoms with Crippen molar-refractivity contribution in [3.63, 3.8) is 0 Å². The molecule has 0 amide bonds. The van der Waals surface area contributed by atoms with E-state index in [0.717, 1.165) is 12.5 Å². The van der Waals surface area contributed by atoms with E-state index >= 15 is 0 Å². The molecule has 3 nitrogen and oxygen atoms in total. The van der Waals surface area contributed by atoms with Gasteiger partial charge in [-0.15, -0.1) is 0 Å². The van der Waals surface area contributed by atoms with Crippen LogP contribution in [0.2, 0.25) is 0 Å². The molecular formula is C14H31N3. The minimum Gasteiger partial charge on any atom is -0.318 e. The Hall–Kier alpha value is -0.120. The van der Waals surface area contributed by atoms with E-state index in [1.807, 2.05) is 0 Å². The van der Waals surface area contributed by atoms with Gasteiger partial charge in [0.1, 0.15) is 0 Å². The van der Waals surface area contributed by atoms with Gasteiger partial charge >= 0.3 is 0 Å². The molecule has 0 aromatic carbocycles. The molecule has 0 bridgehead atoms. The molecule has 0 aliphatic carbocycles. The average molecular weight is 241 g/mol. The van der Waals surface area contributed by atoms with Crippen LogP contribution in [0.1, 0.15) is 34.6 Å². The maximum atomic E-state index is 3.33. The molecule has 3 heteroatoms. The molecule has 1 unspecified atom stereocenters. The van der Waals surface area contributed by atoms with Crippen molar-refractivity contribution >= 4 is 0 Å². The minimum atomic E-state index is 0.322. The summed E-state index contributed by atoms with van der Waals surface area (Å²) in [5.41, 5.74) is 0.322. The third-order valence-corrected chi connectivity index (χ3v) is 3.91. The van der Waals surface area contributed by atoms with Gasteiger partial charge in [0, 0.05) is 44.3 Å². The molecule has 17 heavy (non-hydrogen) atoms. The summed E-state index contributed by atoms with van der Waals surface area (Å²) < 4.78 is 0. The quantitative estimate of drug-likeness (QED) is 0.807. The van der Waals surface area contributed by atoms with Gasteiger partial charge in [0.15, 0.2) is 0 Å². The predicted molar refractivity (Wildman–Crippen MR) is 75.5 cm³/mol. The topological polar surface area (TPSA) is 18.5 Å². The molecule has 0 aromatic rings. The second-order valence-corrected chi connectivity index (χ2v) is 6.56. The van der Waals surface area contributed by atoms with Gasteiger partial charge in [0.25, 0.3) is 0 Å². The highest BCUT2D eigenvalue weighted by atomic mass is 15.3. The van der Waals surface area contributed by atoms with E-state index in [9.17, 15) is 0 Å². The maximum Gasteiger partial charge on any atom is 0.0244 e. The first-order valence-corrected chi connectivity index (χ1v) is 7.00. The molecule has 0 saturated carbocycles. The number of rotatable bonds is 4. The van der Waals surface area contributed by atoms with Crippen LogP contribution >= 0.6 is 0 Å². The van der Waals surface area contributed by atoms with Crippen molar-refractivity contribution < 1.29 is 0 Å². The van der Waals surface area contributed by atoms with E-state index < -0.39 is 0 Å². The second kappa shape index (κ2) is 6.17. The van der Waals surface area contributed by atoms with Crippen LogP contribution in [0.25, 0.3) is 0 Å². The Balaban J connectivity index is 2.50. The minimum absolute atomic E-state index is 0.322. The van der Waals surface area contributed by atoms with Crippen molar-refractivity contribution in [1.29, 1.82) is 0 Å². The summed E-state index contributed by atoms with van der Waals surface area (Å²) in [6.07, 6.45) is 0. The normalized spacial score (nSPS) is 22.1. The smallest absolute Gasteiger partial charge is 0.0244 e. The van der Waals surface area contributed by atoms with Gasteiger partial charge in [-0.3, -0.25) is 9.80 Å². The molecule has 102 valence electrons. The Kier molecular flexibility index (Phi) is 5.42. The second-order valence-electron chi connectivity index (χ2n) is 6.56. The van der Waals surface area contributed by atoms with E-state index in [0.29, 0.717) is 11.6 Å². The van der Waals surface area contributed by atoms with Crippen molar-refractivity contribution in [2.75, 3.05) is 39.8 Å². The molecule has 1 heterocycles. The first kappa shape index (κ1) is 14.9. The highest BCUT2D eigenvalue weighted by molar-refractivity contribution is 4.86. The fourth-order valence-electron chi connectivity index (χ4n) is 2.72. The summed E-state index contributed by atoms with van der Waals surface area (Å²) in [5, 5.41) is 3.33. The zero-order valence-corrected chi connectivity index (χ0v) is 12.6. The van der Waals surface area contributed by atoms with Gasteiger partial charge in [0.05, 0.1) is 0 Å². The largest absolute Gasteiger partial charge is 0.318 e. The van der Waals surface area contributed by atoms with E-state index in [4.69, 9.17) is 0 Å². The highest BCUT2D eigenvalue weighted by Gasteiger charge is 2.29. The Morgan fingerprint density at radius 3 is 1.94 bits per heavy atom. The molecule has 1 fully saturated rings. The van der Waals surface area contributed by atoms with Crippen LogP contribution in [0.5, 0.6) is 0 Å². The first-order valence-electron chi connectivity index (χ1n) is 7.00.